The lowest BCUT2D eigenvalue weighted by Crippen LogP contribution is -2.22. The topological polar surface area (TPSA) is 81.2 Å². The third kappa shape index (κ3) is 10.2. The molecule has 0 fully saturated rings. The molecule has 0 aliphatic rings. The van der Waals surface area contributed by atoms with Gasteiger partial charge in [-0.3, -0.25) is 9.59 Å². The highest BCUT2D eigenvalue weighted by Gasteiger charge is 2.13. The van der Waals surface area contributed by atoms with Gasteiger partial charge >= 0.3 is 0 Å². The average molecular weight is 498 g/mol. The van der Waals surface area contributed by atoms with Crippen LogP contribution in [0.1, 0.15) is 51.7 Å². The van der Waals surface area contributed by atoms with E-state index in [0.29, 0.717) is 29.7 Å². The van der Waals surface area contributed by atoms with Crippen LogP contribution in [-0.4, -0.2) is 21.7 Å². The summed E-state index contributed by atoms with van der Waals surface area (Å²) in [4.78, 5) is 31.9. The summed E-state index contributed by atoms with van der Waals surface area (Å²) in [6, 6.07) is 9.90. The molecule has 34 heavy (non-hydrogen) atoms. The summed E-state index contributed by atoms with van der Waals surface area (Å²) in [5.74, 6) is 0.963. The second-order valence-electron chi connectivity index (χ2n) is 7.79. The first-order valence-electron chi connectivity index (χ1n) is 10.9. The predicted octanol–water partition coefficient (Wildman–Crippen LogP) is 6.03. The van der Waals surface area contributed by atoms with Gasteiger partial charge in [0.1, 0.15) is 22.3 Å². The van der Waals surface area contributed by atoms with Gasteiger partial charge in [0.2, 0.25) is 0 Å². The van der Waals surface area contributed by atoms with Crippen LogP contribution in [0.4, 0.5) is 0 Å². The van der Waals surface area contributed by atoms with Crippen molar-refractivity contribution >= 4 is 34.4 Å². The van der Waals surface area contributed by atoms with E-state index in [-0.39, 0.29) is 11.7 Å². The fraction of sp³-hybridized carbons (Fsp3) is 0.308. The Bertz CT molecular complexity index is 1100. The summed E-state index contributed by atoms with van der Waals surface area (Å²) >= 11 is 2.95. The van der Waals surface area contributed by atoms with Crippen LogP contribution in [-0.2, 0) is 22.7 Å². The Labute approximate surface area is 209 Å². The third-order valence-corrected chi connectivity index (χ3v) is 6.08. The highest BCUT2D eigenvalue weighted by molar-refractivity contribution is 7.13. The number of benzene rings is 1. The minimum Gasteiger partial charge on any atom is -0.489 e. The number of allylic oxidation sites excluding steroid dienone is 3. The Balaban J connectivity index is 0.000000241. The van der Waals surface area contributed by atoms with Crippen LogP contribution in [0.5, 0.6) is 0 Å². The highest BCUT2D eigenvalue weighted by Crippen LogP contribution is 2.17. The minimum atomic E-state index is -0.0710. The molecule has 0 bridgehead atoms. The Morgan fingerprint density at radius 3 is 2.47 bits per heavy atom. The van der Waals surface area contributed by atoms with Gasteiger partial charge in [-0.2, -0.15) is 0 Å². The van der Waals surface area contributed by atoms with Gasteiger partial charge in [-0.05, 0) is 38.3 Å². The molecule has 0 atom stereocenters. The van der Waals surface area contributed by atoms with E-state index in [1.165, 1.54) is 35.7 Å². The first kappa shape index (κ1) is 27.1. The lowest BCUT2D eigenvalue weighted by molar-refractivity contribution is -0.112. The summed E-state index contributed by atoms with van der Waals surface area (Å²) in [7, 11) is 0. The van der Waals surface area contributed by atoms with Crippen molar-refractivity contribution in [3.63, 3.8) is 0 Å². The van der Waals surface area contributed by atoms with Gasteiger partial charge in [-0.25, -0.2) is 9.97 Å². The zero-order valence-electron chi connectivity index (χ0n) is 20.2. The maximum Gasteiger partial charge on any atom is 0.263 e. The van der Waals surface area contributed by atoms with Gasteiger partial charge < -0.3 is 10.1 Å². The molecule has 0 radical (unpaired) electrons. The molecule has 1 amide bonds. The average Bonchev–Trinajstić information content (AvgIpc) is 3.44. The molecule has 2 heterocycles. The van der Waals surface area contributed by atoms with E-state index in [1.54, 1.807) is 6.20 Å². The molecule has 0 unspecified atom stereocenters. The van der Waals surface area contributed by atoms with Crippen molar-refractivity contribution in [1.82, 2.24) is 15.3 Å². The van der Waals surface area contributed by atoms with Crippen LogP contribution in [0, 0.1) is 19.8 Å². The van der Waals surface area contributed by atoms with Crippen molar-refractivity contribution in [3.8, 4) is 0 Å². The molecular weight excluding hydrogens is 466 g/mol. The van der Waals surface area contributed by atoms with Crippen LogP contribution >= 0.6 is 22.7 Å². The van der Waals surface area contributed by atoms with Gasteiger partial charge in [-0.1, -0.05) is 50.3 Å². The van der Waals surface area contributed by atoms with Crippen molar-refractivity contribution in [2.45, 2.75) is 47.8 Å². The number of nitrogens with one attached hydrogen (secondary N) is 1. The van der Waals surface area contributed by atoms with Crippen LogP contribution < -0.4 is 5.32 Å². The molecule has 6 nitrogen and oxygen atoms in total. The SMILES string of the molecule is CC(=O)/C=C(\C=C/C(C)C)OCc1ccccc1.Cc1nc(C)c(C(=O)NCc2nccs2)s1. The number of amides is 1. The third-order valence-electron chi connectivity index (χ3n) is 4.23. The smallest absolute Gasteiger partial charge is 0.263 e. The number of rotatable bonds is 9. The largest absolute Gasteiger partial charge is 0.489 e. The van der Waals surface area contributed by atoms with E-state index < -0.39 is 0 Å². The zero-order chi connectivity index (χ0) is 24.9. The lowest BCUT2D eigenvalue weighted by atomic mass is 10.2. The van der Waals surface area contributed by atoms with E-state index in [1.807, 2.05) is 61.7 Å². The molecular formula is C26H31N3O3S2. The summed E-state index contributed by atoms with van der Waals surface area (Å²) in [5.41, 5.74) is 1.88. The summed E-state index contributed by atoms with van der Waals surface area (Å²) < 4.78 is 5.64. The van der Waals surface area contributed by atoms with Crippen LogP contribution in [0.2, 0.25) is 0 Å². The number of aromatic nitrogens is 2. The number of ether oxygens (including phenoxy) is 1. The minimum absolute atomic E-state index is 0.00790. The van der Waals surface area contributed by atoms with E-state index in [2.05, 4.69) is 29.1 Å². The molecule has 0 spiro atoms. The van der Waals surface area contributed by atoms with Crippen LogP contribution in [0.25, 0.3) is 0 Å². The molecule has 180 valence electrons. The summed E-state index contributed by atoms with van der Waals surface area (Å²) in [5, 5.41) is 6.55. The van der Waals surface area contributed by atoms with Crippen molar-refractivity contribution in [3.05, 3.63) is 92.0 Å². The predicted molar refractivity (Wildman–Crippen MR) is 139 cm³/mol. The monoisotopic (exact) mass is 497 g/mol. The number of ketones is 1. The number of thiazole rings is 2. The number of hydrogen-bond donors (Lipinski definition) is 1. The molecule has 0 saturated carbocycles. The molecule has 8 heteroatoms. The first-order chi connectivity index (χ1) is 16.2. The van der Waals surface area contributed by atoms with Crippen molar-refractivity contribution in [1.29, 1.82) is 0 Å². The summed E-state index contributed by atoms with van der Waals surface area (Å²) in [6.07, 6.45) is 7.12. The van der Waals surface area contributed by atoms with E-state index in [4.69, 9.17) is 4.74 Å². The van der Waals surface area contributed by atoms with Crippen LogP contribution in [0.3, 0.4) is 0 Å². The summed E-state index contributed by atoms with van der Waals surface area (Å²) in [6.45, 7) is 10.4. The molecule has 0 aliphatic heterocycles. The van der Waals surface area contributed by atoms with E-state index >= 15 is 0 Å². The maximum atomic E-state index is 11.8. The lowest BCUT2D eigenvalue weighted by Gasteiger charge is -2.07. The van der Waals surface area contributed by atoms with E-state index in [9.17, 15) is 9.59 Å². The molecule has 1 N–H and O–H groups in total. The van der Waals surface area contributed by atoms with Gasteiger partial charge in [0.05, 0.1) is 17.2 Å². The fourth-order valence-corrected chi connectivity index (χ4v) is 4.08. The van der Waals surface area contributed by atoms with Gasteiger partial charge in [0, 0.05) is 17.7 Å². The maximum absolute atomic E-state index is 11.8. The number of aryl methyl sites for hydroxylation is 2. The molecule has 0 aliphatic carbocycles. The number of carbonyl (C=O) groups is 2. The number of hydrogen-bond acceptors (Lipinski definition) is 7. The molecule has 3 aromatic rings. The van der Waals surface area contributed by atoms with Gasteiger partial charge in [0.25, 0.3) is 5.91 Å². The Morgan fingerprint density at radius 1 is 1.18 bits per heavy atom. The molecule has 3 rings (SSSR count). The Morgan fingerprint density at radius 2 is 1.91 bits per heavy atom. The molecule has 2 aromatic heterocycles. The molecule has 1 aromatic carbocycles. The number of carbonyl (C=O) groups excluding carboxylic acids is 2. The quantitative estimate of drug-likeness (QED) is 0.222. The zero-order valence-corrected chi connectivity index (χ0v) is 21.8. The van der Waals surface area contributed by atoms with Gasteiger partial charge in [0.15, 0.2) is 5.78 Å². The Kier molecular flexibility index (Phi) is 11.4. The van der Waals surface area contributed by atoms with E-state index in [0.717, 1.165) is 21.3 Å². The highest BCUT2D eigenvalue weighted by atomic mass is 32.1. The van der Waals surface area contributed by atoms with Crippen molar-refractivity contribution in [2.75, 3.05) is 0 Å². The fourth-order valence-electron chi connectivity index (χ4n) is 2.68. The Hall–Kier alpha value is -3.10. The number of nitrogens with zero attached hydrogens (tertiary/aromatic N) is 2. The normalized spacial score (nSPS) is 11.3. The second-order valence-corrected chi connectivity index (χ2v) is 9.97. The second kappa shape index (κ2) is 14.2. The first-order valence-corrected chi connectivity index (χ1v) is 12.6. The van der Waals surface area contributed by atoms with Crippen LogP contribution in [0.15, 0.2) is 65.9 Å². The van der Waals surface area contributed by atoms with Gasteiger partial charge in [-0.15, -0.1) is 22.7 Å². The van der Waals surface area contributed by atoms with Crippen molar-refractivity contribution in [2.24, 2.45) is 5.92 Å². The molecule has 0 saturated heterocycles. The standard InChI is InChI=1S/C16H20O2.C10H11N3OS2/c1-13(2)9-10-16(11-14(3)17)18-12-15-7-5-4-6-8-15;1-6-9(16-7(2)13-6)10(14)12-5-8-11-3-4-15-8/h4-11,13H,12H2,1-3H3;3-4H,5H2,1-2H3,(H,12,14)/b10-9-,16-11+;. The van der Waals surface area contributed by atoms with Crippen molar-refractivity contribution < 1.29 is 14.3 Å².